The largest absolute Gasteiger partial charge is 0.494 e. The maximum absolute atomic E-state index is 12.3. The van der Waals surface area contributed by atoms with Gasteiger partial charge < -0.3 is 14.8 Å². The summed E-state index contributed by atoms with van der Waals surface area (Å²) in [5.41, 5.74) is 2.12. The number of esters is 1. The SMILES string of the molecule is CCOc1ccc(NC(=O)COC(=O)c2sc(-c3ccccc3)nc2C)cc1. The monoisotopic (exact) mass is 396 g/mol. The van der Waals surface area contributed by atoms with E-state index in [4.69, 9.17) is 9.47 Å². The zero-order valence-electron chi connectivity index (χ0n) is 15.6. The molecule has 0 unspecified atom stereocenters. The van der Waals surface area contributed by atoms with Gasteiger partial charge in [0.1, 0.15) is 15.6 Å². The van der Waals surface area contributed by atoms with Crippen molar-refractivity contribution in [3.63, 3.8) is 0 Å². The van der Waals surface area contributed by atoms with Crippen LogP contribution in [0.15, 0.2) is 54.6 Å². The summed E-state index contributed by atoms with van der Waals surface area (Å²) in [5, 5.41) is 3.42. The molecule has 0 aliphatic heterocycles. The lowest BCUT2D eigenvalue weighted by Crippen LogP contribution is -2.20. The first-order chi connectivity index (χ1) is 13.6. The lowest BCUT2D eigenvalue weighted by atomic mass is 10.2. The van der Waals surface area contributed by atoms with Crippen molar-refractivity contribution < 1.29 is 19.1 Å². The Morgan fingerprint density at radius 3 is 2.46 bits per heavy atom. The number of rotatable bonds is 7. The van der Waals surface area contributed by atoms with Crippen molar-refractivity contribution in [2.45, 2.75) is 13.8 Å². The highest BCUT2D eigenvalue weighted by molar-refractivity contribution is 7.17. The number of nitrogens with zero attached hydrogens (tertiary/aromatic N) is 1. The minimum atomic E-state index is -0.556. The molecule has 2 aromatic carbocycles. The zero-order valence-corrected chi connectivity index (χ0v) is 16.4. The van der Waals surface area contributed by atoms with Gasteiger partial charge in [-0.15, -0.1) is 11.3 Å². The Morgan fingerprint density at radius 2 is 1.79 bits per heavy atom. The maximum Gasteiger partial charge on any atom is 0.350 e. The van der Waals surface area contributed by atoms with Gasteiger partial charge >= 0.3 is 5.97 Å². The molecule has 6 nitrogen and oxygen atoms in total. The molecular weight excluding hydrogens is 376 g/mol. The molecule has 7 heteroatoms. The number of hydrogen-bond acceptors (Lipinski definition) is 6. The van der Waals surface area contributed by atoms with Crippen LogP contribution < -0.4 is 10.1 Å². The molecule has 0 aliphatic rings. The first-order valence-electron chi connectivity index (χ1n) is 8.79. The number of carbonyl (C=O) groups is 2. The Morgan fingerprint density at radius 1 is 1.07 bits per heavy atom. The van der Waals surface area contributed by atoms with Crippen molar-refractivity contribution in [1.29, 1.82) is 0 Å². The summed E-state index contributed by atoms with van der Waals surface area (Å²) in [4.78, 5) is 29.2. The number of nitrogens with one attached hydrogen (secondary N) is 1. The van der Waals surface area contributed by atoms with Gasteiger partial charge in [0.05, 0.1) is 12.3 Å². The average molecular weight is 396 g/mol. The second-order valence-corrected chi connectivity index (χ2v) is 6.88. The van der Waals surface area contributed by atoms with Crippen molar-refractivity contribution in [2.24, 2.45) is 0 Å². The fourth-order valence-corrected chi connectivity index (χ4v) is 3.45. The van der Waals surface area contributed by atoms with Crippen molar-refractivity contribution in [1.82, 2.24) is 4.98 Å². The standard InChI is InChI=1S/C21H20N2O4S/c1-3-26-17-11-9-16(10-12-17)23-18(24)13-27-21(25)19-14(2)22-20(28-19)15-7-5-4-6-8-15/h4-12H,3,13H2,1-2H3,(H,23,24). The lowest BCUT2D eigenvalue weighted by Gasteiger charge is -2.07. The van der Waals surface area contributed by atoms with E-state index in [1.54, 1.807) is 31.2 Å². The van der Waals surface area contributed by atoms with Crippen molar-refractivity contribution >= 4 is 28.9 Å². The van der Waals surface area contributed by atoms with Gasteiger partial charge in [-0.2, -0.15) is 0 Å². The van der Waals surface area contributed by atoms with Crippen LogP contribution in [0.4, 0.5) is 5.69 Å². The second kappa shape index (κ2) is 9.14. The van der Waals surface area contributed by atoms with Crippen LogP contribution in [-0.4, -0.2) is 30.1 Å². The van der Waals surface area contributed by atoms with Gasteiger partial charge in [-0.1, -0.05) is 30.3 Å². The number of aromatic nitrogens is 1. The van der Waals surface area contributed by atoms with E-state index in [9.17, 15) is 9.59 Å². The van der Waals surface area contributed by atoms with Gasteiger partial charge in [0.15, 0.2) is 6.61 Å². The Balaban J connectivity index is 1.56. The number of hydrogen-bond donors (Lipinski definition) is 1. The van der Waals surface area contributed by atoms with Crippen LogP contribution in [0.1, 0.15) is 22.3 Å². The highest BCUT2D eigenvalue weighted by atomic mass is 32.1. The second-order valence-electron chi connectivity index (χ2n) is 5.88. The number of benzene rings is 2. The molecule has 0 spiro atoms. The van der Waals surface area contributed by atoms with Crippen molar-refractivity contribution in [3.05, 3.63) is 65.2 Å². The van der Waals surface area contributed by atoms with Crippen molar-refractivity contribution in [2.75, 3.05) is 18.5 Å². The van der Waals surface area contributed by atoms with Crippen LogP contribution in [0.5, 0.6) is 5.75 Å². The topological polar surface area (TPSA) is 77.5 Å². The van der Waals surface area contributed by atoms with Crippen molar-refractivity contribution in [3.8, 4) is 16.3 Å². The Hall–Kier alpha value is -3.19. The number of aryl methyl sites for hydroxylation is 1. The van der Waals surface area contributed by atoms with Crippen LogP contribution >= 0.6 is 11.3 Å². The quantitative estimate of drug-likeness (QED) is 0.602. The highest BCUT2D eigenvalue weighted by Gasteiger charge is 2.18. The number of ether oxygens (including phenoxy) is 2. The third-order valence-electron chi connectivity index (χ3n) is 3.79. The van der Waals surface area contributed by atoms with E-state index in [0.29, 0.717) is 22.9 Å². The van der Waals surface area contributed by atoms with E-state index < -0.39 is 11.9 Å². The van der Waals surface area contributed by atoms with Gasteiger partial charge in [0.25, 0.3) is 5.91 Å². The molecule has 1 aromatic heterocycles. The Bertz CT molecular complexity index is 952. The summed E-state index contributed by atoms with van der Waals surface area (Å²) < 4.78 is 10.5. The summed E-state index contributed by atoms with van der Waals surface area (Å²) in [6.45, 7) is 3.85. The van der Waals surface area contributed by atoms with Crippen LogP contribution in [-0.2, 0) is 9.53 Å². The zero-order chi connectivity index (χ0) is 19.9. The first kappa shape index (κ1) is 19.6. The number of anilines is 1. The molecule has 0 saturated heterocycles. The third-order valence-corrected chi connectivity index (χ3v) is 4.97. The number of thiazole rings is 1. The minimum absolute atomic E-state index is 0.371. The molecule has 0 fully saturated rings. The fraction of sp³-hybridized carbons (Fsp3) is 0.190. The van der Waals surface area contributed by atoms with Gasteiger partial charge in [-0.05, 0) is 38.1 Å². The number of amides is 1. The molecule has 0 atom stereocenters. The molecule has 0 bridgehead atoms. The van der Waals surface area contributed by atoms with E-state index in [-0.39, 0.29) is 6.61 Å². The van der Waals surface area contributed by atoms with E-state index in [1.165, 1.54) is 11.3 Å². The summed E-state index contributed by atoms with van der Waals surface area (Å²) in [7, 11) is 0. The van der Waals surface area contributed by atoms with E-state index in [1.807, 2.05) is 37.3 Å². The molecule has 144 valence electrons. The smallest absolute Gasteiger partial charge is 0.350 e. The molecule has 0 radical (unpaired) electrons. The molecule has 0 aliphatic carbocycles. The lowest BCUT2D eigenvalue weighted by molar-refractivity contribution is -0.119. The third kappa shape index (κ3) is 4.95. The summed E-state index contributed by atoms with van der Waals surface area (Å²) in [5.74, 6) is -0.246. The predicted octanol–water partition coefficient (Wildman–Crippen LogP) is 4.31. The highest BCUT2D eigenvalue weighted by Crippen LogP contribution is 2.28. The molecule has 0 saturated carbocycles. The minimum Gasteiger partial charge on any atom is -0.494 e. The Labute approximate surface area is 167 Å². The molecule has 1 N–H and O–H groups in total. The fourth-order valence-electron chi connectivity index (χ4n) is 2.48. The molecule has 3 rings (SSSR count). The predicted molar refractivity (Wildman–Crippen MR) is 109 cm³/mol. The maximum atomic E-state index is 12.3. The van der Waals surface area contributed by atoms with E-state index in [0.717, 1.165) is 16.3 Å². The normalized spacial score (nSPS) is 10.4. The average Bonchev–Trinajstić information content (AvgIpc) is 3.10. The van der Waals surface area contributed by atoms with Crippen LogP contribution in [0.25, 0.3) is 10.6 Å². The molecule has 28 heavy (non-hydrogen) atoms. The molecule has 1 heterocycles. The summed E-state index contributed by atoms with van der Waals surface area (Å²) in [6, 6.07) is 16.6. The van der Waals surface area contributed by atoms with E-state index >= 15 is 0 Å². The Kier molecular flexibility index (Phi) is 6.39. The van der Waals surface area contributed by atoms with Gasteiger partial charge in [0, 0.05) is 11.3 Å². The van der Waals surface area contributed by atoms with E-state index in [2.05, 4.69) is 10.3 Å². The van der Waals surface area contributed by atoms with Crippen LogP contribution in [0.3, 0.4) is 0 Å². The number of carbonyl (C=O) groups excluding carboxylic acids is 2. The summed E-state index contributed by atoms with van der Waals surface area (Å²) >= 11 is 1.25. The van der Waals surface area contributed by atoms with Gasteiger partial charge in [-0.3, -0.25) is 4.79 Å². The van der Waals surface area contributed by atoms with Crippen LogP contribution in [0.2, 0.25) is 0 Å². The molecule has 1 amide bonds. The summed E-state index contributed by atoms with van der Waals surface area (Å²) in [6.07, 6.45) is 0. The van der Waals surface area contributed by atoms with Crippen LogP contribution in [0, 0.1) is 6.92 Å². The molecular formula is C21H20N2O4S. The van der Waals surface area contributed by atoms with Gasteiger partial charge in [-0.25, -0.2) is 9.78 Å². The van der Waals surface area contributed by atoms with Gasteiger partial charge in [0.2, 0.25) is 0 Å². The molecule has 3 aromatic rings. The first-order valence-corrected chi connectivity index (χ1v) is 9.61.